The standard InChI is InChI=1S/C21H25N3O5S/c25-17-8-4-7-16(15-17)20(26)22-12-6-13-23-21(27)19-11-5-14-24(19)30(28,29)18-9-2-1-3-10-18/h1-4,7-10,15,19,25H,5-6,11-14H2,(H,22,26)(H,23,27). The van der Waals surface area contributed by atoms with Gasteiger partial charge in [-0.15, -0.1) is 0 Å². The van der Waals surface area contributed by atoms with Crippen LogP contribution in [0.1, 0.15) is 29.6 Å². The van der Waals surface area contributed by atoms with Crippen LogP contribution in [-0.2, 0) is 14.8 Å². The number of carbonyl (C=O) groups excluding carboxylic acids is 2. The lowest BCUT2D eigenvalue weighted by atomic mass is 10.2. The van der Waals surface area contributed by atoms with Crippen LogP contribution >= 0.6 is 0 Å². The van der Waals surface area contributed by atoms with Gasteiger partial charge in [-0.3, -0.25) is 9.59 Å². The lowest BCUT2D eigenvalue weighted by Crippen LogP contribution is -2.46. The highest BCUT2D eigenvalue weighted by atomic mass is 32.2. The molecule has 2 aromatic rings. The highest BCUT2D eigenvalue weighted by molar-refractivity contribution is 7.89. The third kappa shape index (κ3) is 5.17. The number of aromatic hydroxyl groups is 1. The van der Waals surface area contributed by atoms with E-state index in [9.17, 15) is 23.1 Å². The minimum Gasteiger partial charge on any atom is -0.508 e. The molecule has 2 amide bonds. The summed E-state index contributed by atoms with van der Waals surface area (Å²) in [5, 5.41) is 14.9. The molecule has 1 atom stereocenters. The summed E-state index contributed by atoms with van der Waals surface area (Å²) in [6.45, 7) is 0.968. The molecule has 0 aromatic heterocycles. The zero-order chi connectivity index (χ0) is 21.6. The summed E-state index contributed by atoms with van der Waals surface area (Å²) in [6, 6.07) is 13.4. The first-order valence-corrected chi connectivity index (χ1v) is 11.3. The van der Waals surface area contributed by atoms with Gasteiger partial charge in [-0.25, -0.2) is 8.42 Å². The van der Waals surface area contributed by atoms with E-state index in [1.807, 2.05) is 0 Å². The Kier molecular flexibility index (Phi) is 7.07. The summed E-state index contributed by atoms with van der Waals surface area (Å²) >= 11 is 0. The highest BCUT2D eigenvalue weighted by Gasteiger charge is 2.39. The number of phenolic OH excluding ortho intramolecular Hbond substituents is 1. The fourth-order valence-electron chi connectivity index (χ4n) is 3.39. The number of carbonyl (C=O) groups is 2. The minimum absolute atomic E-state index is 0.0153. The predicted molar refractivity (Wildman–Crippen MR) is 111 cm³/mol. The molecule has 1 heterocycles. The summed E-state index contributed by atoms with van der Waals surface area (Å²) < 4.78 is 26.9. The van der Waals surface area contributed by atoms with Crippen molar-refractivity contribution in [1.82, 2.24) is 14.9 Å². The van der Waals surface area contributed by atoms with Crippen molar-refractivity contribution in [2.45, 2.75) is 30.2 Å². The number of nitrogens with zero attached hydrogens (tertiary/aromatic N) is 1. The first kappa shape index (κ1) is 21.8. The van der Waals surface area contributed by atoms with Crippen LogP contribution < -0.4 is 10.6 Å². The van der Waals surface area contributed by atoms with Crippen molar-refractivity contribution in [2.75, 3.05) is 19.6 Å². The molecular formula is C21H25N3O5S. The molecule has 0 aliphatic carbocycles. The summed E-state index contributed by atoms with van der Waals surface area (Å²) in [7, 11) is -3.72. The number of benzene rings is 2. The van der Waals surface area contributed by atoms with Crippen LogP contribution in [0.3, 0.4) is 0 Å². The summed E-state index contributed by atoms with van der Waals surface area (Å²) in [6.07, 6.45) is 1.60. The molecule has 1 fully saturated rings. The van der Waals surface area contributed by atoms with Gasteiger partial charge in [-0.05, 0) is 49.6 Å². The predicted octanol–water partition coefficient (Wildman–Crippen LogP) is 1.48. The molecule has 3 N–H and O–H groups in total. The summed E-state index contributed by atoms with van der Waals surface area (Å²) in [5.41, 5.74) is 0.353. The molecular weight excluding hydrogens is 406 g/mol. The van der Waals surface area contributed by atoms with Crippen molar-refractivity contribution >= 4 is 21.8 Å². The highest BCUT2D eigenvalue weighted by Crippen LogP contribution is 2.26. The van der Waals surface area contributed by atoms with Gasteiger partial charge in [0, 0.05) is 25.2 Å². The van der Waals surface area contributed by atoms with Crippen molar-refractivity contribution in [3.8, 4) is 5.75 Å². The molecule has 8 nitrogen and oxygen atoms in total. The lowest BCUT2D eigenvalue weighted by Gasteiger charge is -2.23. The van der Waals surface area contributed by atoms with Gasteiger partial charge in [0.1, 0.15) is 11.8 Å². The molecule has 0 saturated carbocycles. The lowest BCUT2D eigenvalue weighted by molar-refractivity contribution is -0.124. The number of hydrogen-bond acceptors (Lipinski definition) is 5. The first-order chi connectivity index (χ1) is 14.4. The van der Waals surface area contributed by atoms with E-state index in [-0.39, 0.29) is 22.5 Å². The van der Waals surface area contributed by atoms with Crippen LogP contribution in [0.5, 0.6) is 5.75 Å². The summed E-state index contributed by atoms with van der Waals surface area (Å²) in [4.78, 5) is 24.7. The van der Waals surface area contributed by atoms with Crippen molar-refractivity contribution in [3.63, 3.8) is 0 Å². The topological polar surface area (TPSA) is 116 Å². The zero-order valence-corrected chi connectivity index (χ0v) is 17.3. The fourth-order valence-corrected chi connectivity index (χ4v) is 5.06. The molecule has 0 bridgehead atoms. The van der Waals surface area contributed by atoms with Gasteiger partial charge >= 0.3 is 0 Å². The zero-order valence-electron chi connectivity index (χ0n) is 16.5. The maximum atomic E-state index is 12.8. The molecule has 0 spiro atoms. The minimum atomic E-state index is -3.72. The third-order valence-corrected chi connectivity index (χ3v) is 6.83. The van der Waals surface area contributed by atoms with Crippen LogP contribution in [0.2, 0.25) is 0 Å². The Bertz CT molecular complexity index is 995. The maximum absolute atomic E-state index is 12.8. The second-order valence-electron chi connectivity index (χ2n) is 7.04. The molecule has 1 saturated heterocycles. The number of nitrogens with one attached hydrogen (secondary N) is 2. The molecule has 2 aromatic carbocycles. The van der Waals surface area contributed by atoms with Gasteiger partial charge in [0.15, 0.2) is 0 Å². The van der Waals surface area contributed by atoms with Gasteiger partial charge in [-0.2, -0.15) is 4.31 Å². The van der Waals surface area contributed by atoms with E-state index in [4.69, 9.17) is 0 Å². The van der Waals surface area contributed by atoms with E-state index in [2.05, 4.69) is 10.6 Å². The molecule has 0 radical (unpaired) electrons. The van der Waals surface area contributed by atoms with E-state index >= 15 is 0 Å². The van der Waals surface area contributed by atoms with Crippen molar-refractivity contribution < 1.29 is 23.1 Å². The van der Waals surface area contributed by atoms with Crippen LogP contribution in [0.4, 0.5) is 0 Å². The van der Waals surface area contributed by atoms with E-state index in [0.29, 0.717) is 44.5 Å². The van der Waals surface area contributed by atoms with Crippen LogP contribution in [0, 0.1) is 0 Å². The molecule has 30 heavy (non-hydrogen) atoms. The molecule has 1 aliphatic heterocycles. The smallest absolute Gasteiger partial charge is 0.251 e. The Labute approximate surface area is 176 Å². The molecule has 1 unspecified atom stereocenters. The Morgan fingerprint density at radius 2 is 1.77 bits per heavy atom. The Morgan fingerprint density at radius 3 is 2.50 bits per heavy atom. The maximum Gasteiger partial charge on any atom is 0.251 e. The first-order valence-electron chi connectivity index (χ1n) is 9.81. The van der Waals surface area contributed by atoms with Crippen molar-refractivity contribution in [3.05, 3.63) is 60.2 Å². The van der Waals surface area contributed by atoms with Gasteiger partial charge in [0.05, 0.1) is 4.90 Å². The van der Waals surface area contributed by atoms with Crippen molar-refractivity contribution in [1.29, 1.82) is 0 Å². The Morgan fingerprint density at radius 1 is 1.03 bits per heavy atom. The van der Waals surface area contributed by atoms with E-state index in [0.717, 1.165) is 0 Å². The number of sulfonamides is 1. The van der Waals surface area contributed by atoms with Gasteiger partial charge < -0.3 is 15.7 Å². The second-order valence-corrected chi connectivity index (χ2v) is 8.93. The fraction of sp³-hybridized carbons (Fsp3) is 0.333. The quantitative estimate of drug-likeness (QED) is 0.548. The number of phenols is 1. The molecule has 160 valence electrons. The number of amides is 2. The largest absolute Gasteiger partial charge is 0.508 e. The number of rotatable bonds is 8. The van der Waals surface area contributed by atoms with Crippen LogP contribution in [0.15, 0.2) is 59.5 Å². The average Bonchev–Trinajstić information content (AvgIpc) is 3.25. The Hall–Kier alpha value is -2.91. The van der Waals surface area contributed by atoms with Gasteiger partial charge in [0.25, 0.3) is 5.91 Å². The average molecular weight is 432 g/mol. The molecule has 9 heteroatoms. The van der Waals surface area contributed by atoms with Crippen LogP contribution in [0.25, 0.3) is 0 Å². The third-order valence-electron chi connectivity index (χ3n) is 4.90. The van der Waals surface area contributed by atoms with E-state index in [1.54, 1.807) is 30.3 Å². The Balaban J connectivity index is 1.47. The molecule has 1 aliphatic rings. The second kappa shape index (κ2) is 9.73. The normalized spacial score (nSPS) is 16.9. The molecule has 3 rings (SSSR count). The SMILES string of the molecule is O=C(NCCCNC(=O)C1CCCN1S(=O)(=O)c1ccccc1)c1cccc(O)c1. The van der Waals surface area contributed by atoms with E-state index in [1.165, 1.54) is 28.6 Å². The summed E-state index contributed by atoms with van der Waals surface area (Å²) in [5.74, 6) is -0.624. The van der Waals surface area contributed by atoms with Crippen LogP contribution in [-0.4, -0.2) is 55.3 Å². The van der Waals surface area contributed by atoms with Crippen molar-refractivity contribution in [2.24, 2.45) is 0 Å². The van der Waals surface area contributed by atoms with E-state index < -0.39 is 16.1 Å². The monoisotopic (exact) mass is 431 g/mol. The van der Waals surface area contributed by atoms with Gasteiger partial charge in [-0.1, -0.05) is 24.3 Å². The van der Waals surface area contributed by atoms with Gasteiger partial charge in [0.2, 0.25) is 15.9 Å². The number of hydrogen-bond donors (Lipinski definition) is 3.